The number of aliphatic carboxylic acids is 1. The molecule has 2 aliphatic heterocycles. The number of benzene rings is 1. The molecule has 1 aromatic carbocycles. The van der Waals surface area contributed by atoms with Crippen LogP contribution in [0.3, 0.4) is 0 Å². The highest BCUT2D eigenvalue weighted by atomic mass is 32.1. The highest BCUT2D eigenvalue weighted by Gasteiger charge is 2.42. The van der Waals surface area contributed by atoms with E-state index in [1.54, 1.807) is 6.92 Å². The number of aliphatic imine (C=N–C) groups is 2. The van der Waals surface area contributed by atoms with Crippen LogP contribution >= 0.6 is 12.6 Å². The summed E-state index contributed by atoms with van der Waals surface area (Å²) in [4.78, 5) is 149. The number of unbranched alkanes of at least 4 members (excludes halogenated alkanes) is 1. The third kappa shape index (κ3) is 24.4. The topological polar surface area (TPSA) is 415 Å². The summed E-state index contributed by atoms with van der Waals surface area (Å²) in [6, 6.07) is -1.01. The molecule has 15 N–H and O–H groups in total. The lowest BCUT2D eigenvalue weighted by atomic mass is 9.87. The Bertz CT molecular complexity index is 2510. The first-order valence-corrected chi connectivity index (χ1v) is 33.7. The SMILES string of the molecule is CCC(C)[C@H](NC(=O)[C@@H](CC(=O)[C@@H]1CCCN1C(=O)[C@H](CCCN=C(N)N)CC(=O)[C@@H](CCCN=C(N)N)NC(=O)[C@@H]1CCCN1C(=O)[C@H](CCCCNC(=O)CCS)NC(C)=O)Cc1ccc(O)c(O)c1)C(=O)C[C@@H](C[Si](C)(C)C)C(=O)O. The molecular formula is C57H94N12O13SSi. The number of aromatic hydroxyl groups is 2. The number of carbonyl (C=O) groups is 10. The van der Waals surface area contributed by atoms with Gasteiger partial charge in [0, 0.05) is 85.2 Å². The number of hydrogen-bond acceptors (Lipinski definition) is 15. The van der Waals surface area contributed by atoms with Crippen molar-refractivity contribution in [3.8, 4) is 11.5 Å². The number of nitrogens with two attached hydrogens (primary N) is 4. The number of likely N-dealkylation sites (tertiary alicyclic amines) is 2. The van der Waals surface area contributed by atoms with Gasteiger partial charge >= 0.3 is 5.97 Å². The van der Waals surface area contributed by atoms with Gasteiger partial charge in [0.2, 0.25) is 35.4 Å². The van der Waals surface area contributed by atoms with Crippen molar-refractivity contribution in [2.24, 2.45) is 56.6 Å². The second kappa shape index (κ2) is 35.5. The van der Waals surface area contributed by atoms with Crippen LogP contribution in [0.1, 0.15) is 129 Å². The zero-order chi connectivity index (χ0) is 62.8. The molecule has 470 valence electrons. The number of nitrogens with one attached hydrogen (secondary N) is 4. The lowest BCUT2D eigenvalue weighted by molar-refractivity contribution is -0.144. The maximum absolute atomic E-state index is 15.0. The molecule has 0 saturated carbocycles. The summed E-state index contributed by atoms with van der Waals surface area (Å²) in [5, 5.41) is 41.8. The summed E-state index contributed by atoms with van der Waals surface area (Å²) in [6.45, 7) is 11.8. The van der Waals surface area contributed by atoms with Gasteiger partial charge in [0.05, 0.1) is 24.0 Å². The van der Waals surface area contributed by atoms with E-state index < -0.39 is 139 Å². The Balaban J connectivity index is 1.95. The fraction of sp³-hybridized carbons (Fsp3) is 0.684. The van der Waals surface area contributed by atoms with Crippen LogP contribution in [0.25, 0.3) is 0 Å². The molecule has 0 bridgehead atoms. The summed E-state index contributed by atoms with van der Waals surface area (Å²) in [5.74, 6) is -10.00. The molecule has 84 heavy (non-hydrogen) atoms. The highest BCUT2D eigenvalue weighted by Crippen LogP contribution is 2.31. The van der Waals surface area contributed by atoms with E-state index in [-0.39, 0.29) is 108 Å². The van der Waals surface area contributed by atoms with Crippen molar-refractivity contribution < 1.29 is 63.3 Å². The number of Topliss-reactive ketones (excluding diaryl/α,β-unsaturated/α-hetero) is 3. The molecule has 1 aromatic rings. The van der Waals surface area contributed by atoms with E-state index in [9.17, 15) is 63.3 Å². The molecule has 0 aromatic heterocycles. The second-order valence-corrected chi connectivity index (χ2v) is 29.5. The molecule has 9 atom stereocenters. The molecule has 1 unspecified atom stereocenters. The Morgan fingerprint density at radius 3 is 1.89 bits per heavy atom. The number of hydrogen-bond donors (Lipinski definition) is 12. The van der Waals surface area contributed by atoms with Gasteiger partial charge in [-0.3, -0.25) is 57.9 Å². The van der Waals surface area contributed by atoms with Crippen LogP contribution in [0.2, 0.25) is 25.7 Å². The molecular weight excluding hydrogens is 1120 g/mol. The molecule has 2 aliphatic rings. The van der Waals surface area contributed by atoms with E-state index in [2.05, 4.69) is 43.9 Å². The Kier molecular flexibility index (Phi) is 30.2. The van der Waals surface area contributed by atoms with E-state index in [1.807, 2.05) is 26.6 Å². The van der Waals surface area contributed by atoms with Gasteiger partial charge in [0.1, 0.15) is 12.1 Å². The van der Waals surface area contributed by atoms with Gasteiger partial charge in [-0.1, -0.05) is 46.0 Å². The van der Waals surface area contributed by atoms with E-state index in [0.717, 1.165) is 0 Å². The summed E-state index contributed by atoms with van der Waals surface area (Å²) in [7, 11) is -1.95. The van der Waals surface area contributed by atoms with E-state index in [1.165, 1.54) is 34.9 Å². The Hall–Kier alpha value is -6.77. The van der Waals surface area contributed by atoms with Crippen molar-refractivity contribution in [1.29, 1.82) is 0 Å². The van der Waals surface area contributed by atoms with Crippen molar-refractivity contribution in [2.75, 3.05) is 38.5 Å². The summed E-state index contributed by atoms with van der Waals surface area (Å²) < 4.78 is 0. The Labute approximate surface area is 499 Å². The number of guanidine groups is 2. The van der Waals surface area contributed by atoms with E-state index >= 15 is 0 Å². The van der Waals surface area contributed by atoms with Gasteiger partial charge in [0.25, 0.3) is 0 Å². The number of phenolic OH excluding ortho intramolecular Hbond substituents is 2. The number of nitrogens with zero attached hydrogens (tertiary/aromatic N) is 4. The van der Waals surface area contributed by atoms with Crippen molar-refractivity contribution in [2.45, 2.75) is 186 Å². The molecule has 2 heterocycles. The predicted molar refractivity (Wildman–Crippen MR) is 324 cm³/mol. The lowest BCUT2D eigenvalue weighted by Gasteiger charge is -2.31. The van der Waals surface area contributed by atoms with Crippen LogP contribution in [-0.4, -0.2) is 173 Å². The molecule has 2 fully saturated rings. The van der Waals surface area contributed by atoms with Crippen LogP contribution in [0.4, 0.5) is 0 Å². The minimum Gasteiger partial charge on any atom is -0.504 e. The van der Waals surface area contributed by atoms with Crippen LogP contribution in [0.5, 0.6) is 11.5 Å². The maximum atomic E-state index is 15.0. The third-order valence-electron chi connectivity index (χ3n) is 15.3. The smallest absolute Gasteiger partial charge is 0.306 e. The average molecular weight is 1220 g/mol. The zero-order valence-electron chi connectivity index (χ0n) is 49.9. The molecule has 6 amide bonds. The number of rotatable bonds is 38. The molecule has 0 radical (unpaired) electrons. The largest absolute Gasteiger partial charge is 0.504 e. The Morgan fingerprint density at radius 1 is 0.726 bits per heavy atom. The predicted octanol–water partition coefficient (Wildman–Crippen LogP) is 2.01. The molecule has 0 spiro atoms. The average Bonchev–Trinajstić information content (AvgIpc) is 4.02. The fourth-order valence-corrected chi connectivity index (χ4v) is 12.8. The molecule has 3 rings (SSSR count). The summed E-state index contributed by atoms with van der Waals surface area (Å²) >= 11 is 4.07. The van der Waals surface area contributed by atoms with Crippen molar-refractivity contribution in [3.05, 3.63) is 23.8 Å². The molecule has 27 heteroatoms. The van der Waals surface area contributed by atoms with Crippen LogP contribution in [0.15, 0.2) is 28.2 Å². The maximum Gasteiger partial charge on any atom is 0.306 e. The monoisotopic (exact) mass is 1210 g/mol. The van der Waals surface area contributed by atoms with Gasteiger partial charge in [-0.25, -0.2) is 0 Å². The zero-order valence-corrected chi connectivity index (χ0v) is 51.8. The number of amides is 6. The molecule has 2 saturated heterocycles. The number of carbonyl (C=O) groups excluding carboxylic acids is 9. The van der Waals surface area contributed by atoms with Gasteiger partial charge in [-0.15, -0.1) is 0 Å². The number of thiol groups is 1. The van der Waals surface area contributed by atoms with Crippen LogP contribution in [0, 0.1) is 23.7 Å². The Morgan fingerprint density at radius 2 is 1.32 bits per heavy atom. The van der Waals surface area contributed by atoms with Crippen LogP contribution in [-0.2, 0) is 54.4 Å². The first-order valence-electron chi connectivity index (χ1n) is 29.4. The molecule has 25 nitrogen and oxygen atoms in total. The summed E-state index contributed by atoms with van der Waals surface area (Å²) in [6.07, 6.45) is 2.54. The van der Waals surface area contributed by atoms with Crippen LogP contribution < -0.4 is 44.2 Å². The lowest BCUT2D eigenvalue weighted by Crippen LogP contribution is -2.55. The first-order chi connectivity index (χ1) is 39.6. The normalized spacial score (nSPS) is 17.5. The summed E-state index contributed by atoms with van der Waals surface area (Å²) in [5.41, 5.74) is 22.8. The van der Waals surface area contributed by atoms with E-state index in [0.29, 0.717) is 56.0 Å². The minimum absolute atomic E-state index is 0.0329. The van der Waals surface area contributed by atoms with Crippen molar-refractivity contribution in [1.82, 2.24) is 31.1 Å². The first kappa shape index (κ1) is 71.5. The van der Waals surface area contributed by atoms with Gasteiger partial charge in [-0.2, -0.15) is 12.6 Å². The number of carboxylic acid groups (broad SMARTS) is 1. The van der Waals surface area contributed by atoms with Crippen molar-refractivity contribution in [3.63, 3.8) is 0 Å². The highest BCUT2D eigenvalue weighted by molar-refractivity contribution is 7.80. The van der Waals surface area contributed by atoms with Gasteiger partial charge in [0.15, 0.2) is 40.8 Å². The van der Waals surface area contributed by atoms with Gasteiger partial charge < -0.3 is 69.3 Å². The standard InChI is InChI=1S/C57H94N12O13SSi/c1-7-34(2)50(48(75)32-39(55(81)82)33-84(4,5)6)67-51(77)38(28-36-19-20-44(71)47(74)29-36)31-46(73)42-17-12-25-68(42)53(79)37(14-10-23-63-56(58)59)30-45(72)40(16-11-24-64-57(60)61)66-52(78)43-18-13-26-69(43)54(80)41(65-35(3)70)15-8-9-22-62-49(76)21-27-83/h19-20,29,34,37-43,50,71,74,83H,7-18,21-28,30-33H2,1-6H3,(H,62,76)(H,65,70)(H,66,78)(H,67,77)(H,81,82)(H4,58,59,63)(H4,60,61,64)/t34?,37-,38-,39+,40-,41+,42+,43+,50+/m1/s1. The number of carboxylic acids is 1. The molecule has 0 aliphatic carbocycles. The van der Waals surface area contributed by atoms with E-state index in [4.69, 9.17) is 22.9 Å². The fourth-order valence-electron chi connectivity index (χ4n) is 10.8. The number of phenols is 2. The quantitative estimate of drug-likeness (QED) is 0.0112. The number of ketones is 3. The second-order valence-electron chi connectivity index (χ2n) is 23.5. The minimum atomic E-state index is -1.95. The van der Waals surface area contributed by atoms with Gasteiger partial charge in [-0.05, 0) is 112 Å². The van der Waals surface area contributed by atoms with Crippen molar-refractivity contribution >= 4 is 91.4 Å². The third-order valence-corrected chi connectivity index (χ3v) is 17.2.